The number of halogens is 3. The fourth-order valence-corrected chi connectivity index (χ4v) is 3.09. The molecule has 9 heteroatoms. The molecule has 1 aromatic heterocycles. The van der Waals surface area contributed by atoms with Crippen LogP contribution >= 0.6 is 0 Å². The standard InChI is InChI=1S/C20H20F3N3O3/c1-13(27)25-16-5-6-18(24-12-16)29-17-7-9-26(10-8-17)19(28)14-3-2-4-15(11-14)20(21,22)23/h2-6,11-12,17H,7-10H2,1H3,(H,25,27). The summed E-state index contributed by atoms with van der Waals surface area (Å²) in [5, 5.41) is 2.61. The quantitative estimate of drug-likeness (QED) is 0.838. The van der Waals surface area contributed by atoms with Gasteiger partial charge < -0.3 is 15.0 Å². The molecular weight excluding hydrogens is 387 g/mol. The number of aromatic nitrogens is 1. The molecule has 1 aliphatic heterocycles. The number of piperidine rings is 1. The van der Waals surface area contributed by atoms with Crippen molar-refractivity contribution < 1.29 is 27.5 Å². The van der Waals surface area contributed by atoms with Gasteiger partial charge >= 0.3 is 6.18 Å². The lowest BCUT2D eigenvalue weighted by Gasteiger charge is -2.32. The lowest BCUT2D eigenvalue weighted by Crippen LogP contribution is -2.41. The molecular formula is C20H20F3N3O3. The highest BCUT2D eigenvalue weighted by atomic mass is 19.4. The summed E-state index contributed by atoms with van der Waals surface area (Å²) in [7, 11) is 0. The number of alkyl halides is 3. The fraction of sp³-hybridized carbons (Fsp3) is 0.350. The number of nitrogens with one attached hydrogen (secondary N) is 1. The van der Waals surface area contributed by atoms with Crippen LogP contribution in [0.3, 0.4) is 0 Å². The van der Waals surface area contributed by atoms with Crippen molar-refractivity contribution in [3.8, 4) is 5.88 Å². The van der Waals surface area contributed by atoms with Crippen molar-refractivity contribution in [2.24, 2.45) is 0 Å². The molecule has 1 aliphatic rings. The third kappa shape index (κ3) is 5.46. The first-order valence-electron chi connectivity index (χ1n) is 9.09. The Kier molecular flexibility index (Phi) is 6.05. The van der Waals surface area contributed by atoms with Gasteiger partial charge in [-0.05, 0) is 24.3 Å². The average molecular weight is 407 g/mol. The highest BCUT2D eigenvalue weighted by Crippen LogP contribution is 2.30. The molecule has 0 aliphatic carbocycles. The van der Waals surface area contributed by atoms with Gasteiger partial charge in [0.1, 0.15) is 6.10 Å². The van der Waals surface area contributed by atoms with Crippen molar-refractivity contribution >= 4 is 17.5 Å². The predicted molar refractivity (Wildman–Crippen MR) is 99.5 cm³/mol. The van der Waals surface area contributed by atoms with E-state index in [2.05, 4.69) is 10.3 Å². The second-order valence-corrected chi connectivity index (χ2v) is 6.75. The van der Waals surface area contributed by atoms with Crippen molar-refractivity contribution in [2.75, 3.05) is 18.4 Å². The normalized spacial score (nSPS) is 15.1. The summed E-state index contributed by atoms with van der Waals surface area (Å²) in [4.78, 5) is 29.2. The van der Waals surface area contributed by atoms with E-state index in [1.807, 2.05) is 0 Å². The van der Waals surface area contributed by atoms with E-state index in [0.29, 0.717) is 37.5 Å². The number of hydrogen-bond donors (Lipinski definition) is 1. The van der Waals surface area contributed by atoms with E-state index in [1.165, 1.54) is 30.2 Å². The van der Waals surface area contributed by atoms with Gasteiger partial charge in [-0.1, -0.05) is 6.07 Å². The molecule has 0 unspecified atom stereocenters. The smallest absolute Gasteiger partial charge is 0.416 e. The maximum absolute atomic E-state index is 12.9. The van der Waals surface area contributed by atoms with Crippen molar-refractivity contribution in [2.45, 2.75) is 32.0 Å². The maximum atomic E-state index is 12.9. The Balaban J connectivity index is 1.55. The van der Waals surface area contributed by atoms with Gasteiger partial charge in [0, 0.05) is 44.5 Å². The van der Waals surface area contributed by atoms with Gasteiger partial charge in [-0.3, -0.25) is 9.59 Å². The number of hydrogen-bond acceptors (Lipinski definition) is 4. The van der Waals surface area contributed by atoms with Gasteiger partial charge in [0.2, 0.25) is 11.8 Å². The van der Waals surface area contributed by atoms with E-state index in [4.69, 9.17) is 4.74 Å². The summed E-state index contributed by atoms with van der Waals surface area (Å²) in [6, 6.07) is 7.77. The average Bonchev–Trinajstić information content (AvgIpc) is 2.69. The first-order chi connectivity index (χ1) is 13.7. The van der Waals surface area contributed by atoms with E-state index >= 15 is 0 Å². The topological polar surface area (TPSA) is 71.5 Å². The van der Waals surface area contributed by atoms with Gasteiger partial charge in [0.15, 0.2) is 0 Å². The molecule has 2 amide bonds. The Morgan fingerprint density at radius 1 is 1.17 bits per heavy atom. The largest absolute Gasteiger partial charge is 0.474 e. The fourth-order valence-electron chi connectivity index (χ4n) is 3.09. The summed E-state index contributed by atoms with van der Waals surface area (Å²) >= 11 is 0. The Morgan fingerprint density at radius 3 is 2.48 bits per heavy atom. The van der Waals surface area contributed by atoms with Crippen LogP contribution in [0.25, 0.3) is 0 Å². The molecule has 0 radical (unpaired) electrons. The number of benzene rings is 1. The van der Waals surface area contributed by atoms with E-state index in [1.54, 1.807) is 12.1 Å². The van der Waals surface area contributed by atoms with Crippen LogP contribution in [0.1, 0.15) is 35.7 Å². The van der Waals surface area contributed by atoms with Gasteiger partial charge in [0.25, 0.3) is 5.91 Å². The molecule has 1 aromatic carbocycles. The first-order valence-corrected chi connectivity index (χ1v) is 9.09. The summed E-state index contributed by atoms with van der Waals surface area (Å²) in [6.07, 6.45) is -2.07. The molecule has 1 fully saturated rings. The van der Waals surface area contributed by atoms with Gasteiger partial charge in [-0.15, -0.1) is 0 Å². The van der Waals surface area contributed by atoms with E-state index in [9.17, 15) is 22.8 Å². The Bertz CT molecular complexity index is 877. The van der Waals surface area contributed by atoms with Crippen LogP contribution < -0.4 is 10.1 Å². The molecule has 0 atom stereocenters. The third-order valence-corrected chi connectivity index (χ3v) is 4.51. The lowest BCUT2D eigenvalue weighted by atomic mass is 10.0. The zero-order valence-corrected chi connectivity index (χ0v) is 15.7. The number of likely N-dealkylation sites (tertiary alicyclic amines) is 1. The molecule has 6 nitrogen and oxygen atoms in total. The van der Waals surface area contributed by atoms with E-state index < -0.39 is 17.6 Å². The lowest BCUT2D eigenvalue weighted by molar-refractivity contribution is -0.137. The summed E-state index contributed by atoms with van der Waals surface area (Å²) < 4.78 is 44.4. The van der Waals surface area contributed by atoms with Crippen LogP contribution in [0, 0.1) is 0 Å². The first kappa shape index (κ1) is 20.6. The van der Waals surface area contributed by atoms with Crippen LogP contribution in [-0.2, 0) is 11.0 Å². The maximum Gasteiger partial charge on any atom is 0.416 e. The van der Waals surface area contributed by atoms with Crippen LogP contribution in [-0.4, -0.2) is 40.9 Å². The van der Waals surface area contributed by atoms with Gasteiger partial charge in [0.05, 0.1) is 17.4 Å². The molecule has 29 heavy (non-hydrogen) atoms. The van der Waals surface area contributed by atoms with Crippen LogP contribution in [0.15, 0.2) is 42.6 Å². The third-order valence-electron chi connectivity index (χ3n) is 4.51. The molecule has 1 N–H and O–H groups in total. The van der Waals surface area contributed by atoms with Crippen LogP contribution in [0.5, 0.6) is 5.88 Å². The number of nitrogens with zero attached hydrogens (tertiary/aromatic N) is 2. The minimum atomic E-state index is -4.49. The SMILES string of the molecule is CC(=O)Nc1ccc(OC2CCN(C(=O)c3cccc(C(F)(F)F)c3)CC2)nc1. The number of carbonyl (C=O) groups excluding carboxylic acids is 2. The highest BCUT2D eigenvalue weighted by molar-refractivity contribution is 5.94. The van der Waals surface area contributed by atoms with Crippen molar-refractivity contribution in [1.82, 2.24) is 9.88 Å². The molecule has 2 aromatic rings. The van der Waals surface area contributed by atoms with Crippen LogP contribution in [0.4, 0.5) is 18.9 Å². The molecule has 0 spiro atoms. The Labute approximate surface area is 165 Å². The summed E-state index contributed by atoms with van der Waals surface area (Å²) in [5.74, 6) is -0.215. The summed E-state index contributed by atoms with van der Waals surface area (Å²) in [5.41, 5.74) is -0.254. The van der Waals surface area contributed by atoms with Crippen molar-refractivity contribution in [3.05, 3.63) is 53.7 Å². The van der Waals surface area contributed by atoms with Crippen LogP contribution in [0.2, 0.25) is 0 Å². The second kappa shape index (κ2) is 8.50. The number of pyridine rings is 1. The molecule has 2 heterocycles. The van der Waals surface area contributed by atoms with E-state index in [0.717, 1.165) is 12.1 Å². The van der Waals surface area contributed by atoms with Gasteiger partial charge in [-0.2, -0.15) is 13.2 Å². The predicted octanol–water partition coefficient (Wildman–Crippen LogP) is 3.74. The van der Waals surface area contributed by atoms with Crippen molar-refractivity contribution in [3.63, 3.8) is 0 Å². The van der Waals surface area contributed by atoms with Crippen molar-refractivity contribution in [1.29, 1.82) is 0 Å². The molecule has 0 bridgehead atoms. The number of ether oxygens (including phenoxy) is 1. The zero-order valence-electron chi connectivity index (χ0n) is 15.7. The number of carbonyl (C=O) groups is 2. The Morgan fingerprint density at radius 2 is 1.90 bits per heavy atom. The highest BCUT2D eigenvalue weighted by Gasteiger charge is 2.32. The van der Waals surface area contributed by atoms with Gasteiger partial charge in [-0.25, -0.2) is 4.98 Å². The molecule has 3 rings (SSSR count). The number of amides is 2. The molecule has 0 saturated carbocycles. The molecule has 1 saturated heterocycles. The zero-order chi connectivity index (χ0) is 21.0. The minimum absolute atomic E-state index is 0.0226. The minimum Gasteiger partial charge on any atom is -0.474 e. The molecule has 154 valence electrons. The summed E-state index contributed by atoms with van der Waals surface area (Å²) in [6.45, 7) is 2.16. The Hall–Kier alpha value is -3.10. The van der Waals surface area contributed by atoms with E-state index in [-0.39, 0.29) is 17.6 Å². The number of anilines is 1. The second-order valence-electron chi connectivity index (χ2n) is 6.75. The number of rotatable bonds is 4. The monoisotopic (exact) mass is 407 g/mol.